The predicted octanol–water partition coefficient (Wildman–Crippen LogP) is 2.85. The van der Waals surface area contributed by atoms with Crippen LogP contribution in [-0.2, 0) is 17.8 Å². The minimum atomic E-state index is -0.324. The molecule has 0 saturated carbocycles. The topological polar surface area (TPSA) is 23.6 Å². The Morgan fingerprint density at radius 3 is 2.42 bits per heavy atom. The molecule has 2 aromatic carbocycles. The second-order valence-electron chi connectivity index (χ2n) is 6.06. The first kappa shape index (κ1) is 16.6. The molecule has 0 bridgehead atoms. The number of halogens is 2. The van der Waals surface area contributed by atoms with Crippen LogP contribution in [0.2, 0.25) is 0 Å². The molecule has 0 aliphatic carbocycles. The first-order valence-electron chi connectivity index (χ1n) is 8.10. The second kappa shape index (κ2) is 7.53. The molecule has 24 heavy (non-hydrogen) atoms. The van der Waals surface area contributed by atoms with Gasteiger partial charge in [-0.3, -0.25) is 9.69 Å². The summed E-state index contributed by atoms with van der Waals surface area (Å²) in [5.74, 6) is -0.511. The van der Waals surface area contributed by atoms with Gasteiger partial charge in [-0.05, 0) is 23.8 Å². The fraction of sp³-hybridized carbons (Fsp3) is 0.316. The van der Waals surface area contributed by atoms with Crippen molar-refractivity contribution in [2.24, 2.45) is 0 Å². The zero-order chi connectivity index (χ0) is 16.9. The Labute approximate surface area is 140 Å². The van der Waals surface area contributed by atoms with Gasteiger partial charge in [0.15, 0.2) is 0 Å². The van der Waals surface area contributed by atoms with Crippen molar-refractivity contribution in [3.63, 3.8) is 0 Å². The van der Waals surface area contributed by atoms with Crippen LogP contribution < -0.4 is 0 Å². The number of piperazine rings is 1. The lowest BCUT2D eigenvalue weighted by atomic mass is 10.1. The Balaban J connectivity index is 1.51. The van der Waals surface area contributed by atoms with E-state index in [0.29, 0.717) is 43.9 Å². The molecular formula is C19H20F2N2O. The third kappa shape index (κ3) is 4.17. The minimum Gasteiger partial charge on any atom is -0.340 e. The average Bonchev–Trinajstić information content (AvgIpc) is 2.57. The van der Waals surface area contributed by atoms with Crippen molar-refractivity contribution < 1.29 is 13.6 Å². The molecular weight excluding hydrogens is 310 g/mol. The highest BCUT2D eigenvalue weighted by atomic mass is 19.1. The predicted molar refractivity (Wildman–Crippen MR) is 88.4 cm³/mol. The van der Waals surface area contributed by atoms with Crippen LogP contribution in [0.5, 0.6) is 0 Å². The van der Waals surface area contributed by atoms with Gasteiger partial charge < -0.3 is 4.90 Å². The standard InChI is InChI=1S/C19H20F2N2O/c20-17-6-3-4-15(12-17)13-19(24)23-10-8-22(9-11-23)14-16-5-1-2-7-18(16)21/h1-7,12H,8-11,13-14H2. The second-order valence-corrected chi connectivity index (χ2v) is 6.06. The third-order valence-electron chi connectivity index (χ3n) is 4.32. The SMILES string of the molecule is O=C(Cc1cccc(F)c1)N1CCN(Cc2ccccc2F)CC1. The van der Waals surface area contributed by atoms with E-state index in [-0.39, 0.29) is 24.0 Å². The van der Waals surface area contributed by atoms with Crippen LogP contribution in [-0.4, -0.2) is 41.9 Å². The number of benzene rings is 2. The van der Waals surface area contributed by atoms with Crippen LogP contribution >= 0.6 is 0 Å². The Morgan fingerprint density at radius 2 is 1.71 bits per heavy atom. The van der Waals surface area contributed by atoms with Gasteiger partial charge in [0.25, 0.3) is 0 Å². The summed E-state index contributed by atoms with van der Waals surface area (Å²) < 4.78 is 26.9. The largest absolute Gasteiger partial charge is 0.340 e. The molecule has 0 unspecified atom stereocenters. The van der Waals surface area contributed by atoms with E-state index in [1.165, 1.54) is 18.2 Å². The molecule has 5 heteroatoms. The summed E-state index contributed by atoms with van der Waals surface area (Å²) in [6, 6.07) is 12.9. The zero-order valence-electron chi connectivity index (χ0n) is 13.4. The normalized spacial score (nSPS) is 15.5. The van der Waals surface area contributed by atoms with Gasteiger partial charge in [-0.25, -0.2) is 8.78 Å². The van der Waals surface area contributed by atoms with Crippen LogP contribution in [0, 0.1) is 11.6 Å². The molecule has 0 N–H and O–H groups in total. The molecule has 1 saturated heterocycles. The van der Waals surface area contributed by atoms with Crippen LogP contribution in [0.15, 0.2) is 48.5 Å². The highest BCUT2D eigenvalue weighted by molar-refractivity contribution is 5.78. The summed E-state index contributed by atoms with van der Waals surface area (Å²) in [6.07, 6.45) is 0.213. The molecule has 1 amide bonds. The molecule has 1 aliphatic heterocycles. The van der Waals surface area contributed by atoms with E-state index in [2.05, 4.69) is 4.90 Å². The van der Waals surface area contributed by atoms with E-state index < -0.39 is 0 Å². The summed E-state index contributed by atoms with van der Waals surface area (Å²) in [6.45, 7) is 3.20. The molecule has 3 nitrogen and oxygen atoms in total. The van der Waals surface area contributed by atoms with Crippen molar-refractivity contribution in [3.05, 3.63) is 71.3 Å². The number of carbonyl (C=O) groups excluding carboxylic acids is 1. The molecule has 0 aromatic heterocycles. The molecule has 1 fully saturated rings. The maximum absolute atomic E-state index is 13.7. The molecule has 126 valence electrons. The molecule has 0 spiro atoms. The van der Waals surface area contributed by atoms with Crippen LogP contribution in [0.4, 0.5) is 8.78 Å². The third-order valence-corrected chi connectivity index (χ3v) is 4.32. The van der Waals surface area contributed by atoms with E-state index in [4.69, 9.17) is 0 Å². The van der Waals surface area contributed by atoms with Gasteiger partial charge in [-0.1, -0.05) is 30.3 Å². The van der Waals surface area contributed by atoms with Gasteiger partial charge in [0.05, 0.1) is 6.42 Å². The lowest BCUT2D eigenvalue weighted by molar-refractivity contribution is -0.132. The van der Waals surface area contributed by atoms with Crippen molar-refractivity contribution in [2.45, 2.75) is 13.0 Å². The maximum atomic E-state index is 13.7. The summed E-state index contributed by atoms with van der Waals surface area (Å²) in [5, 5.41) is 0. The average molecular weight is 330 g/mol. The monoisotopic (exact) mass is 330 g/mol. The van der Waals surface area contributed by atoms with Gasteiger partial charge in [0, 0.05) is 38.3 Å². The lowest BCUT2D eigenvalue weighted by Gasteiger charge is -2.35. The molecule has 2 aromatic rings. The van der Waals surface area contributed by atoms with E-state index in [1.807, 2.05) is 6.07 Å². The van der Waals surface area contributed by atoms with Crippen LogP contribution in [0.1, 0.15) is 11.1 Å². The molecule has 3 rings (SSSR count). The molecule has 0 radical (unpaired) electrons. The van der Waals surface area contributed by atoms with Gasteiger partial charge in [0.2, 0.25) is 5.91 Å². The number of amides is 1. The first-order valence-corrected chi connectivity index (χ1v) is 8.10. The number of hydrogen-bond acceptors (Lipinski definition) is 2. The first-order chi connectivity index (χ1) is 11.6. The number of nitrogens with zero attached hydrogens (tertiary/aromatic N) is 2. The molecule has 0 atom stereocenters. The van der Waals surface area contributed by atoms with E-state index in [0.717, 1.165) is 0 Å². The zero-order valence-corrected chi connectivity index (χ0v) is 13.4. The Hall–Kier alpha value is -2.27. The van der Waals surface area contributed by atoms with Crippen LogP contribution in [0.3, 0.4) is 0 Å². The highest BCUT2D eigenvalue weighted by Crippen LogP contribution is 2.13. The Kier molecular flexibility index (Phi) is 5.20. The molecule has 1 heterocycles. The van der Waals surface area contributed by atoms with Gasteiger partial charge >= 0.3 is 0 Å². The Morgan fingerprint density at radius 1 is 0.958 bits per heavy atom. The lowest BCUT2D eigenvalue weighted by Crippen LogP contribution is -2.48. The number of hydrogen-bond donors (Lipinski definition) is 0. The van der Waals surface area contributed by atoms with Crippen molar-refractivity contribution in [1.82, 2.24) is 9.80 Å². The summed E-state index contributed by atoms with van der Waals surface area (Å²) in [4.78, 5) is 16.3. The fourth-order valence-corrected chi connectivity index (χ4v) is 2.96. The minimum absolute atomic E-state index is 0.00569. The van der Waals surface area contributed by atoms with E-state index in [1.54, 1.807) is 29.2 Å². The van der Waals surface area contributed by atoms with Gasteiger partial charge in [-0.15, -0.1) is 0 Å². The Bertz CT molecular complexity index is 712. The van der Waals surface area contributed by atoms with Crippen molar-refractivity contribution in [1.29, 1.82) is 0 Å². The quantitative estimate of drug-likeness (QED) is 0.861. The van der Waals surface area contributed by atoms with E-state index >= 15 is 0 Å². The smallest absolute Gasteiger partial charge is 0.227 e. The highest BCUT2D eigenvalue weighted by Gasteiger charge is 2.21. The van der Waals surface area contributed by atoms with E-state index in [9.17, 15) is 13.6 Å². The summed E-state index contributed by atoms with van der Waals surface area (Å²) >= 11 is 0. The van der Waals surface area contributed by atoms with Gasteiger partial charge in [-0.2, -0.15) is 0 Å². The van der Waals surface area contributed by atoms with Crippen molar-refractivity contribution in [2.75, 3.05) is 26.2 Å². The maximum Gasteiger partial charge on any atom is 0.227 e. The number of carbonyl (C=O) groups is 1. The fourth-order valence-electron chi connectivity index (χ4n) is 2.96. The van der Waals surface area contributed by atoms with Crippen molar-refractivity contribution in [3.8, 4) is 0 Å². The summed E-state index contributed by atoms with van der Waals surface area (Å²) in [5.41, 5.74) is 1.37. The number of rotatable bonds is 4. The molecule has 1 aliphatic rings. The van der Waals surface area contributed by atoms with Crippen LogP contribution in [0.25, 0.3) is 0 Å². The summed E-state index contributed by atoms with van der Waals surface area (Å²) in [7, 11) is 0. The van der Waals surface area contributed by atoms with Crippen molar-refractivity contribution >= 4 is 5.91 Å². The van der Waals surface area contributed by atoms with Gasteiger partial charge in [0.1, 0.15) is 11.6 Å².